The number of aliphatic hydroxyl groups excluding tert-OH is 1. The molecular formula is C28H30ClFN6O5. The van der Waals surface area contributed by atoms with Gasteiger partial charge in [-0.15, -0.1) is 0 Å². The molecule has 3 aromatic rings. The highest BCUT2D eigenvalue weighted by Gasteiger charge is 2.35. The second-order valence-corrected chi connectivity index (χ2v) is 10.3. The van der Waals surface area contributed by atoms with Crippen molar-refractivity contribution in [3.63, 3.8) is 0 Å². The van der Waals surface area contributed by atoms with Crippen LogP contribution in [0.25, 0.3) is 11.3 Å². The van der Waals surface area contributed by atoms with E-state index in [4.69, 9.17) is 21.1 Å². The molecule has 1 saturated heterocycles. The van der Waals surface area contributed by atoms with Crippen LogP contribution in [0.3, 0.4) is 0 Å². The van der Waals surface area contributed by atoms with Crippen LogP contribution in [0.1, 0.15) is 47.3 Å². The summed E-state index contributed by atoms with van der Waals surface area (Å²) in [5, 5.41) is 16.2. The summed E-state index contributed by atoms with van der Waals surface area (Å²) in [6.07, 6.45) is 4.18. The number of halogens is 2. The summed E-state index contributed by atoms with van der Waals surface area (Å²) < 4.78 is 24.8. The van der Waals surface area contributed by atoms with E-state index in [1.165, 1.54) is 24.3 Å². The lowest BCUT2D eigenvalue weighted by molar-refractivity contribution is -0.126. The smallest absolute Gasteiger partial charge is 0.255 e. The minimum absolute atomic E-state index is 0.0213. The highest BCUT2D eigenvalue weighted by molar-refractivity contribution is 6.33. The number of anilines is 1. The molecule has 2 aliphatic rings. The minimum Gasteiger partial charge on any atom is -0.481 e. The van der Waals surface area contributed by atoms with Gasteiger partial charge < -0.3 is 30.1 Å². The standard InChI is InChI=1S/C28H30ClFN6O5/c1-15(26(38)34-23(14-37)20-10-24(40-2)31-12-22(20)30)36-13-17-4-3-16(9-19(17)27(36)39)25-21(29)11-32-28(35-25)33-18-5-7-41-8-6-18/h3-4,9-12,15,18,23,37H,5-8,13-14H2,1-2H3,(H,34,38)(H,32,33,35)/t15-,23-/m1/s1. The number of carbonyl (C=O) groups excluding carboxylic acids is 2. The van der Waals surface area contributed by atoms with Crippen molar-refractivity contribution in [2.45, 2.75) is 44.4 Å². The van der Waals surface area contributed by atoms with E-state index in [0.29, 0.717) is 41.0 Å². The lowest BCUT2D eigenvalue weighted by Crippen LogP contribution is -2.46. The highest BCUT2D eigenvalue weighted by atomic mass is 35.5. The van der Waals surface area contributed by atoms with Crippen molar-refractivity contribution < 1.29 is 28.6 Å². The van der Waals surface area contributed by atoms with Gasteiger partial charge in [0.2, 0.25) is 17.7 Å². The summed E-state index contributed by atoms with van der Waals surface area (Å²) in [5.74, 6) is -1.02. The van der Waals surface area contributed by atoms with Crippen LogP contribution in [-0.2, 0) is 16.1 Å². The monoisotopic (exact) mass is 584 g/mol. The summed E-state index contributed by atoms with van der Waals surface area (Å²) in [6, 6.07) is 4.89. The van der Waals surface area contributed by atoms with Crippen LogP contribution in [0.15, 0.2) is 36.7 Å². The van der Waals surface area contributed by atoms with Gasteiger partial charge >= 0.3 is 0 Å². The predicted molar refractivity (Wildman–Crippen MR) is 148 cm³/mol. The fraction of sp³-hybridized carbons (Fsp3) is 0.393. The number of ether oxygens (including phenoxy) is 2. The Morgan fingerprint density at radius 2 is 2.05 bits per heavy atom. The zero-order valence-electron chi connectivity index (χ0n) is 22.6. The zero-order chi connectivity index (χ0) is 29.1. The van der Waals surface area contributed by atoms with Crippen LogP contribution < -0.4 is 15.4 Å². The summed E-state index contributed by atoms with van der Waals surface area (Å²) in [4.78, 5) is 40.7. The Labute approximate surface area is 241 Å². The second-order valence-electron chi connectivity index (χ2n) is 9.89. The number of fused-ring (bicyclic) bond motifs is 1. The molecule has 2 aliphatic heterocycles. The first kappa shape index (κ1) is 28.7. The molecule has 4 heterocycles. The van der Waals surface area contributed by atoms with Gasteiger partial charge in [0.15, 0.2) is 0 Å². The van der Waals surface area contributed by atoms with Gasteiger partial charge in [0.1, 0.15) is 11.9 Å². The fourth-order valence-corrected chi connectivity index (χ4v) is 5.12. The third-order valence-corrected chi connectivity index (χ3v) is 7.58. The molecule has 3 N–H and O–H groups in total. The summed E-state index contributed by atoms with van der Waals surface area (Å²) in [6.45, 7) is 2.57. The molecule has 0 aliphatic carbocycles. The van der Waals surface area contributed by atoms with Crippen LogP contribution >= 0.6 is 11.6 Å². The van der Waals surface area contributed by atoms with Gasteiger partial charge in [0.05, 0.1) is 42.9 Å². The first-order valence-electron chi connectivity index (χ1n) is 13.2. The first-order valence-corrected chi connectivity index (χ1v) is 13.6. The molecule has 0 unspecified atom stereocenters. The van der Waals surface area contributed by atoms with E-state index < -0.39 is 30.4 Å². The fourth-order valence-electron chi connectivity index (χ4n) is 4.92. The van der Waals surface area contributed by atoms with Crippen molar-refractivity contribution in [3.05, 3.63) is 64.2 Å². The maximum absolute atomic E-state index is 14.4. The maximum atomic E-state index is 14.4. The number of methoxy groups -OCH3 is 1. The Hall–Kier alpha value is -3.87. The Bertz CT molecular complexity index is 1450. The molecule has 0 bridgehead atoms. The van der Waals surface area contributed by atoms with E-state index in [9.17, 15) is 19.1 Å². The van der Waals surface area contributed by atoms with Gasteiger partial charge in [-0.05, 0) is 31.4 Å². The van der Waals surface area contributed by atoms with Gasteiger partial charge in [0.25, 0.3) is 5.91 Å². The number of amides is 2. The number of benzene rings is 1. The van der Waals surface area contributed by atoms with Gasteiger partial charge in [-0.2, -0.15) is 0 Å². The number of hydrogen-bond acceptors (Lipinski definition) is 9. The molecule has 0 spiro atoms. The number of hydrogen-bond donors (Lipinski definition) is 3. The summed E-state index contributed by atoms with van der Waals surface area (Å²) in [7, 11) is 1.38. The van der Waals surface area contributed by atoms with E-state index in [-0.39, 0.29) is 29.9 Å². The van der Waals surface area contributed by atoms with Crippen molar-refractivity contribution >= 4 is 29.4 Å². The van der Waals surface area contributed by atoms with E-state index in [0.717, 1.165) is 24.6 Å². The Morgan fingerprint density at radius 3 is 2.78 bits per heavy atom. The SMILES string of the molecule is COc1cc([C@@H](CO)NC(=O)[C@@H](C)N2Cc3ccc(-c4nc(NC5CCOCC5)ncc4Cl)cc3C2=O)c(F)cn1. The number of rotatable bonds is 9. The lowest BCUT2D eigenvalue weighted by Gasteiger charge is -2.26. The van der Waals surface area contributed by atoms with E-state index in [2.05, 4.69) is 25.6 Å². The Balaban J connectivity index is 1.31. The van der Waals surface area contributed by atoms with Crippen LogP contribution in [-0.4, -0.2) is 75.8 Å². The topological polar surface area (TPSA) is 139 Å². The van der Waals surface area contributed by atoms with Crippen molar-refractivity contribution in [1.29, 1.82) is 0 Å². The van der Waals surface area contributed by atoms with Crippen molar-refractivity contribution in [2.24, 2.45) is 0 Å². The number of aliphatic hydroxyl groups is 1. The van der Waals surface area contributed by atoms with Crippen molar-refractivity contribution in [1.82, 2.24) is 25.2 Å². The van der Waals surface area contributed by atoms with E-state index in [1.54, 1.807) is 13.0 Å². The molecule has 2 atom stereocenters. The molecule has 1 aromatic carbocycles. The van der Waals surface area contributed by atoms with E-state index >= 15 is 0 Å². The maximum Gasteiger partial charge on any atom is 0.255 e. The predicted octanol–water partition coefficient (Wildman–Crippen LogP) is 3.12. The third-order valence-electron chi connectivity index (χ3n) is 7.30. The Morgan fingerprint density at radius 1 is 1.27 bits per heavy atom. The second kappa shape index (κ2) is 12.3. The lowest BCUT2D eigenvalue weighted by atomic mass is 10.0. The molecule has 0 saturated carbocycles. The van der Waals surface area contributed by atoms with Crippen LogP contribution in [0, 0.1) is 5.82 Å². The zero-order valence-corrected chi connectivity index (χ0v) is 23.3. The number of nitrogens with zero attached hydrogens (tertiary/aromatic N) is 4. The van der Waals surface area contributed by atoms with E-state index in [1.807, 2.05) is 12.1 Å². The molecule has 41 heavy (non-hydrogen) atoms. The first-order chi connectivity index (χ1) is 19.8. The Kier molecular flexibility index (Phi) is 8.62. The third kappa shape index (κ3) is 6.09. The molecule has 5 rings (SSSR count). The average molecular weight is 585 g/mol. The molecule has 2 amide bonds. The largest absolute Gasteiger partial charge is 0.481 e. The quantitative estimate of drug-likeness (QED) is 0.346. The summed E-state index contributed by atoms with van der Waals surface area (Å²) in [5.41, 5.74) is 2.32. The van der Waals surface area contributed by atoms with Crippen LogP contribution in [0.2, 0.25) is 5.02 Å². The number of aromatic nitrogens is 3. The van der Waals surface area contributed by atoms with Crippen molar-refractivity contribution in [3.8, 4) is 17.1 Å². The van der Waals surface area contributed by atoms with Crippen LogP contribution in [0.5, 0.6) is 5.88 Å². The molecule has 2 aromatic heterocycles. The highest BCUT2D eigenvalue weighted by Crippen LogP contribution is 2.32. The van der Waals surface area contributed by atoms with Crippen LogP contribution in [0.4, 0.5) is 10.3 Å². The van der Waals surface area contributed by atoms with Gasteiger partial charge in [-0.3, -0.25) is 9.59 Å². The van der Waals surface area contributed by atoms with Crippen molar-refractivity contribution in [2.75, 3.05) is 32.2 Å². The average Bonchev–Trinajstić information content (AvgIpc) is 3.32. The molecule has 13 heteroatoms. The molecule has 1 fully saturated rings. The number of nitrogens with one attached hydrogen (secondary N) is 2. The molecule has 0 radical (unpaired) electrons. The van der Waals surface area contributed by atoms with Gasteiger partial charge in [0, 0.05) is 48.6 Å². The number of carbonyl (C=O) groups is 2. The summed E-state index contributed by atoms with van der Waals surface area (Å²) >= 11 is 6.44. The molecular weight excluding hydrogens is 555 g/mol. The molecule has 11 nitrogen and oxygen atoms in total. The minimum atomic E-state index is -1.06. The molecule has 216 valence electrons. The van der Waals surface area contributed by atoms with Gasteiger partial charge in [-0.25, -0.2) is 19.3 Å². The number of pyridine rings is 1. The normalized spacial score (nSPS) is 16.7. The van der Waals surface area contributed by atoms with Gasteiger partial charge in [-0.1, -0.05) is 23.7 Å².